The lowest BCUT2D eigenvalue weighted by Crippen LogP contribution is -2.48. The van der Waals surface area contributed by atoms with E-state index in [-0.39, 0.29) is 17.9 Å². The quantitative estimate of drug-likeness (QED) is 0.762. The van der Waals surface area contributed by atoms with E-state index in [0.29, 0.717) is 0 Å². The van der Waals surface area contributed by atoms with Gasteiger partial charge in [0.15, 0.2) is 0 Å². The number of nitriles is 1. The second-order valence-corrected chi connectivity index (χ2v) is 4.42. The highest BCUT2D eigenvalue weighted by atomic mass is 19.1. The highest BCUT2D eigenvalue weighted by Crippen LogP contribution is 2.16. The lowest BCUT2D eigenvalue weighted by molar-refractivity contribution is 0.187. The van der Waals surface area contributed by atoms with Crippen molar-refractivity contribution < 1.29 is 14.3 Å². The van der Waals surface area contributed by atoms with Crippen LogP contribution in [0.15, 0.2) is 18.2 Å². The fraction of sp³-hybridized carbons (Fsp3) is 0.333. The highest BCUT2D eigenvalue weighted by Gasteiger charge is 2.19. The summed E-state index contributed by atoms with van der Waals surface area (Å²) in [6.45, 7) is 3.06. The van der Waals surface area contributed by atoms with Crippen LogP contribution in [0.4, 0.5) is 14.9 Å². The monoisotopic (exact) mass is 251 g/mol. The molecule has 96 valence electrons. The van der Waals surface area contributed by atoms with Crippen molar-refractivity contribution in [3.63, 3.8) is 0 Å². The molecule has 0 saturated heterocycles. The van der Waals surface area contributed by atoms with Crippen LogP contribution in [0.3, 0.4) is 0 Å². The Labute approximate surface area is 104 Å². The van der Waals surface area contributed by atoms with E-state index in [4.69, 9.17) is 10.4 Å². The van der Waals surface area contributed by atoms with Crippen molar-refractivity contribution in [1.82, 2.24) is 5.32 Å². The molecule has 0 spiro atoms. The summed E-state index contributed by atoms with van der Waals surface area (Å²) in [6, 6.07) is 4.70. The van der Waals surface area contributed by atoms with Crippen LogP contribution in [0, 0.1) is 17.1 Å². The normalized spacial score (nSPS) is 10.6. The van der Waals surface area contributed by atoms with Crippen LogP contribution in [0.1, 0.15) is 19.4 Å². The minimum absolute atomic E-state index is 0.0342. The van der Waals surface area contributed by atoms with Gasteiger partial charge in [-0.2, -0.15) is 5.26 Å². The first-order chi connectivity index (χ1) is 8.38. The maximum absolute atomic E-state index is 12.9. The minimum Gasteiger partial charge on any atom is -0.394 e. The Morgan fingerprint density at radius 1 is 1.56 bits per heavy atom. The zero-order chi connectivity index (χ0) is 13.8. The van der Waals surface area contributed by atoms with Gasteiger partial charge in [0.25, 0.3) is 0 Å². The van der Waals surface area contributed by atoms with Gasteiger partial charge in [-0.15, -0.1) is 0 Å². The van der Waals surface area contributed by atoms with E-state index >= 15 is 0 Å². The zero-order valence-electron chi connectivity index (χ0n) is 10.1. The average Bonchev–Trinajstić information content (AvgIpc) is 2.30. The molecule has 0 aliphatic carbocycles. The topological polar surface area (TPSA) is 85.2 Å². The molecule has 0 saturated carbocycles. The molecule has 0 radical (unpaired) electrons. The van der Waals surface area contributed by atoms with Crippen molar-refractivity contribution in [3.8, 4) is 6.07 Å². The van der Waals surface area contributed by atoms with E-state index in [9.17, 15) is 9.18 Å². The number of halogens is 1. The largest absolute Gasteiger partial charge is 0.394 e. The molecule has 0 aliphatic heterocycles. The summed E-state index contributed by atoms with van der Waals surface area (Å²) in [5, 5.41) is 22.8. The van der Waals surface area contributed by atoms with E-state index in [0.717, 1.165) is 12.1 Å². The van der Waals surface area contributed by atoms with Crippen LogP contribution < -0.4 is 10.6 Å². The van der Waals surface area contributed by atoms with E-state index in [2.05, 4.69) is 10.6 Å². The molecule has 18 heavy (non-hydrogen) atoms. The fourth-order valence-corrected chi connectivity index (χ4v) is 1.22. The van der Waals surface area contributed by atoms with E-state index < -0.39 is 17.4 Å². The molecule has 0 unspecified atom stereocenters. The number of amides is 2. The minimum atomic E-state index is -0.781. The number of urea groups is 1. The second-order valence-electron chi connectivity index (χ2n) is 4.42. The van der Waals surface area contributed by atoms with Gasteiger partial charge in [0.05, 0.1) is 23.4 Å². The molecule has 1 aromatic carbocycles. The lowest BCUT2D eigenvalue weighted by Gasteiger charge is -2.23. The summed E-state index contributed by atoms with van der Waals surface area (Å²) in [5.74, 6) is -0.548. The number of hydrogen-bond donors (Lipinski definition) is 3. The Balaban J connectivity index is 2.80. The summed E-state index contributed by atoms with van der Waals surface area (Å²) in [5.41, 5.74) is -0.534. The number of nitrogens with zero attached hydrogens (tertiary/aromatic N) is 1. The lowest BCUT2D eigenvalue weighted by atomic mass is 10.1. The number of aliphatic hydroxyl groups is 1. The third kappa shape index (κ3) is 3.71. The molecule has 0 bridgehead atoms. The maximum atomic E-state index is 12.9. The molecule has 0 fully saturated rings. The molecule has 0 aliphatic rings. The van der Waals surface area contributed by atoms with Crippen LogP contribution in [0.25, 0.3) is 0 Å². The van der Waals surface area contributed by atoms with Gasteiger partial charge in [-0.25, -0.2) is 9.18 Å². The Morgan fingerprint density at radius 3 is 2.78 bits per heavy atom. The number of benzene rings is 1. The standard InChI is InChI=1S/C12H14FN3O2/c1-12(2,7-17)16-11(18)15-10-4-3-9(13)5-8(10)6-14/h3-5,17H,7H2,1-2H3,(H2,15,16,18). The van der Waals surface area contributed by atoms with Gasteiger partial charge in [0.2, 0.25) is 0 Å². The van der Waals surface area contributed by atoms with Crippen LogP contribution in [0.5, 0.6) is 0 Å². The first-order valence-corrected chi connectivity index (χ1v) is 5.27. The summed E-state index contributed by atoms with van der Waals surface area (Å²) in [4.78, 5) is 11.6. The Hall–Kier alpha value is -2.13. The average molecular weight is 251 g/mol. The molecular formula is C12H14FN3O2. The first-order valence-electron chi connectivity index (χ1n) is 5.27. The predicted molar refractivity (Wildman–Crippen MR) is 64.4 cm³/mol. The van der Waals surface area contributed by atoms with Crippen molar-refractivity contribution in [3.05, 3.63) is 29.6 Å². The Bertz CT molecular complexity index is 495. The molecule has 1 rings (SSSR count). The number of aliphatic hydroxyl groups excluding tert-OH is 1. The van der Waals surface area contributed by atoms with Crippen LogP contribution in [-0.2, 0) is 0 Å². The number of carbonyl (C=O) groups excluding carboxylic acids is 1. The number of carbonyl (C=O) groups is 1. The molecule has 0 atom stereocenters. The van der Waals surface area contributed by atoms with E-state index in [1.54, 1.807) is 19.9 Å². The van der Waals surface area contributed by atoms with Crippen LogP contribution >= 0.6 is 0 Å². The maximum Gasteiger partial charge on any atom is 0.319 e. The molecule has 5 nitrogen and oxygen atoms in total. The third-order valence-electron chi connectivity index (χ3n) is 2.20. The third-order valence-corrected chi connectivity index (χ3v) is 2.20. The molecule has 3 N–H and O–H groups in total. The molecule has 6 heteroatoms. The molecular weight excluding hydrogens is 237 g/mol. The van der Waals surface area contributed by atoms with Gasteiger partial charge in [0, 0.05) is 0 Å². The summed E-state index contributed by atoms with van der Waals surface area (Å²) < 4.78 is 12.9. The van der Waals surface area contributed by atoms with Crippen molar-refractivity contribution >= 4 is 11.7 Å². The molecule has 0 aromatic heterocycles. The van der Waals surface area contributed by atoms with Crippen molar-refractivity contribution in [2.24, 2.45) is 0 Å². The van der Waals surface area contributed by atoms with Gasteiger partial charge in [-0.1, -0.05) is 0 Å². The van der Waals surface area contributed by atoms with Crippen molar-refractivity contribution in [2.45, 2.75) is 19.4 Å². The van der Waals surface area contributed by atoms with Gasteiger partial charge in [-0.05, 0) is 32.0 Å². The number of anilines is 1. The summed E-state index contributed by atoms with van der Waals surface area (Å²) in [6.07, 6.45) is 0. The zero-order valence-corrected chi connectivity index (χ0v) is 10.1. The Kier molecular flexibility index (Phi) is 4.23. The van der Waals surface area contributed by atoms with E-state index in [1.807, 2.05) is 0 Å². The van der Waals surface area contributed by atoms with Gasteiger partial charge in [0.1, 0.15) is 11.9 Å². The molecule has 0 heterocycles. The second kappa shape index (κ2) is 5.47. The number of hydrogen-bond acceptors (Lipinski definition) is 3. The first kappa shape index (κ1) is 13.9. The van der Waals surface area contributed by atoms with Crippen molar-refractivity contribution in [2.75, 3.05) is 11.9 Å². The SMILES string of the molecule is CC(C)(CO)NC(=O)Nc1ccc(F)cc1C#N. The van der Waals surface area contributed by atoms with Gasteiger partial charge in [-0.3, -0.25) is 0 Å². The van der Waals surface area contributed by atoms with Gasteiger partial charge < -0.3 is 15.7 Å². The summed E-state index contributed by atoms with van der Waals surface area (Å²) in [7, 11) is 0. The number of nitrogens with one attached hydrogen (secondary N) is 2. The van der Waals surface area contributed by atoms with Gasteiger partial charge >= 0.3 is 6.03 Å². The number of rotatable bonds is 3. The van der Waals surface area contributed by atoms with E-state index in [1.165, 1.54) is 6.07 Å². The van der Waals surface area contributed by atoms with Crippen LogP contribution in [-0.4, -0.2) is 23.3 Å². The fourth-order valence-electron chi connectivity index (χ4n) is 1.22. The highest BCUT2D eigenvalue weighted by molar-refractivity contribution is 5.91. The summed E-state index contributed by atoms with van der Waals surface area (Å²) >= 11 is 0. The van der Waals surface area contributed by atoms with Crippen molar-refractivity contribution in [1.29, 1.82) is 5.26 Å². The van der Waals surface area contributed by atoms with Crippen LogP contribution in [0.2, 0.25) is 0 Å². The smallest absolute Gasteiger partial charge is 0.319 e. The predicted octanol–water partition coefficient (Wildman–Crippen LogP) is 1.59. The Morgan fingerprint density at radius 2 is 2.22 bits per heavy atom. The molecule has 2 amide bonds. The molecule has 1 aromatic rings.